The number of rotatable bonds is 13. The van der Waals surface area contributed by atoms with Gasteiger partial charge in [-0.15, -0.1) is 0 Å². The van der Waals surface area contributed by atoms with Gasteiger partial charge in [0.1, 0.15) is 24.4 Å². The summed E-state index contributed by atoms with van der Waals surface area (Å²) >= 11 is 0. The summed E-state index contributed by atoms with van der Waals surface area (Å²) in [5, 5.41) is 13.0. The molecule has 0 aliphatic carbocycles. The number of carbonyl (C=O) groups excluding carboxylic acids is 3. The lowest BCUT2D eigenvalue weighted by molar-refractivity contribution is -0.155. The largest absolute Gasteiger partial charge is 0.508 e. The topological polar surface area (TPSA) is 105 Å². The molecule has 3 aromatic rings. The first-order valence-corrected chi connectivity index (χ1v) is 14.2. The predicted molar refractivity (Wildman–Crippen MR) is 155 cm³/mol. The van der Waals surface area contributed by atoms with Crippen molar-refractivity contribution >= 4 is 17.8 Å². The number of amides is 1. The molecule has 2 N–H and O–H groups in total. The third-order valence-electron chi connectivity index (χ3n) is 7.24. The summed E-state index contributed by atoms with van der Waals surface area (Å²) in [6.45, 7) is 2.53. The molecule has 1 aliphatic heterocycles. The molecule has 0 bridgehead atoms. The Morgan fingerprint density at radius 3 is 2.20 bits per heavy atom. The Kier molecular flexibility index (Phi) is 10.9. The lowest BCUT2D eigenvalue weighted by atomic mass is 10.0. The molecule has 0 saturated carbocycles. The first-order chi connectivity index (χ1) is 19.9. The Hall–Kier alpha value is -4.17. The second kappa shape index (κ2) is 15.0. The molecule has 3 atom stereocenters. The van der Waals surface area contributed by atoms with Gasteiger partial charge in [0.05, 0.1) is 12.6 Å². The van der Waals surface area contributed by atoms with Crippen molar-refractivity contribution in [1.29, 1.82) is 0 Å². The summed E-state index contributed by atoms with van der Waals surface area (Å²) in [7, 11) is 0. The molecule has 1 aliphatic rings. The van der Waals surface area contributed by atoms with Crippen LogP contribution in [0.3, 0.4) is 0 Å². The van der Waals surface area contributed by atoms with E-state index in [4.69, 9.17) is 9.47 Å². The summed E-state index contributed by atoms with van der Waals surface area (Å²) in [6, 6.07) is 23.7. The van der Waals surface area contributed by atoms with Gasteiger partial charge >= 0.3 is 11.9 Å². The van der Waals surface area contributed by atoms with Crippen LogP contribution in [0.4, 0.5) is 0 Å². The molecule has 0 radical (unpaired) electrons. The van der Waals surface area contributed by atoms with Crippen LogP contribution in [-0.4, -0.2) is 59.1 Å². The number of hydrogen-bond acceptors (Lipinski definition) is 7. The lowest BCUT2D eigenvalue weighted by Gasteiger charge is -2.30. The number of nitrogens with one attached hydrogen (secondary N) is 1. The van der Waals surface area contributed by atoms with Crippen LogP contribution in [0, 0.1) is 0 Å². The predicted octanol–water partition coefficient (Wildman–Crippen LogP) is 4.19. The Morgan fingerprint density at radius 1 is 0.878 bits per heavy atom. The zero-order valence-electron chi connectivity index (χ0n) is 23.4. The molecule has 4 rings (SSSR count). The van der Waals surface area contributed by atoms with Crippen molar-refractivity contribution in [2.75, 3.05) is 13.2 Å². The molecule has 8 nitrogen and oxygen atoms in total. The number of esters is 2. The van der Waals surface area contributed by atoms with E-state index >= 15 is 0 Å². The molecule has 41 heavy (non-hydrogen) atoms. The minimum absolute atomic E-state index is 0.123. The van der Waals surface area contributed by atoms with Crippen LogP contribution in [0.5, 0.6) is 5.75 Å². The number of benzene rings is 3. The van der Waals surface area contributed by atoms with Gasteiger partial charge in [-0.2, -0.15) is 0 Å². The average molecular weight is 559 g/mol. The average Bonchev–Trinajstić information content (AvgIpc) is 3.49. The van der Waals surface area contributed by atoms with E-state index in [2.05, 4.69) is 5.32 Å². The molecule has 3 aromatic carbocycles. The highest BCUT2D eigenvalue weighted by molar-refractivity contribution is 5.89. The fraction of sp³-hybridized carbons (Fsp3) is 0.364. The van der Waals surface area contributed by atoms with Crippen LogP contribution < -0.4 is 5.32 Å². The molecule has 0 spiro atoms. The first-order valence-electron chi connectivity index (χ1n) is 14.2. The monoisotopic (exact) mass is 558 g/mol. The van der Waals surface area contributed by atoms with E-state index < -0.39 is 30.1 Å². The van der Waals surface area contributed by atoms with E-state index in [9.17, 15) is 19.5 Å². The van der Waals surface area contributed by atoms with Crippen LogP contribution in [0.25, 0.3) is 0 Å². The molecule has 8 heteroatoms. The van der Waals surface area contributed by atoms with Crippen LogP contribution in [0.2, 0.25) is 0 Å². The summed E-state index contributed by atoms with van der Waals surface area (Å²) in [5.74, 6) is -1.01. The van der Waals surface area contributed by atoms with Gasteiger partial charge in [0.15, 0.2) is 0 Å². The first kappa shape index (κ1) is 29.8. The zero-order chi connectivity index (χ0) is 29.0. The minimum atomic E-state index is -0.799. The Bertz CT molecular complexity index is 1270. The zero-order valence-corrected chi connectivity index (χ0v) is 23.4. The maximum Gasteiger partial charge on any atom is 0.329 e. The molecule has 1 saturated heterocycles. The fourth-order valence-electron chi connectivity index (χ4n) is 5.10. The lowest BCUT2D eigenvalue weighted by Crippen LogP contribution is -2.55. The van der Waals surface area contributed by atoms with Crippen molar-refractivity contribution in [2.24, 2.45) is 0 Å². The van der Waals surface area contributed by atoms with Gasteiger partial charge in [0.2, 0.25) is 5.91 Å². The van der Waals surface area contributed by atoms with Crippen molar-refractivity contribution in [2.45, 2.75) is 63.8 Å². The highest BCUT2D eigenvalue weighted by Gasteiger charge is 2.39. The number of nitrogens with zero attached hydrogens (tertiary/aromatic N) is 1. The van der Waals surface area contributed by atoms with Crippen molar-refractivity contribution in [3.8, 4) is 5.75 Å². The van der Waals surface area contributed by atoms with Gasteiger partial charge in [-0.3, -0.25) is 14.9 Å². The second-order valence-corrected chi connectivity index (χ2v) is 10.2. The number of hydrogen-bond donors (Lipinski definition) is 2. The molecule has 1 fully saturated rings. The van der Waals surface area contributed by atoms with Crippen molar-refractivity contribution in [3.05, 3.63) is 102 Å². The summed E-state index contributed by atoms with van der Waals surface area (Å²) < 4.78 is 11.0. The second-order valence-electron chi connectivity index (χ2n) is 10.2. The molecular weight excluding hydrogens is 520 g/mol. The van der Waals surface area contributed by atoms with Gasteiger partial charge in [0.25, 0.3) is 0 Å². The molecule has 0 aromatic heterocycles. The van der Waals surface area contributed by atoms with E-state index in [1.54, 1.807) is 36.1 Å². The quantitative estimate of drug-likeness (QED) is 0.303. The standard InChI is InChI=1S/C33H38N2O6/c1-2-40-32(38)28(20-17-24-10-5-3-6-11-24)34-29(22-25-15-18-27(36)19-16-25)31(37)35-21-9-14-30(35)33(39)41-23-26-12-7-4-8-13-26/h3-8,10-13,15-16,18-19,28-30,34,36H,2,9,14,17,20-23H2,1H3/t28?,29-,30-/m0/s1. The number of ether oxygens (including phenoxy) is 2. The van der Waals surface area contributed by atoms with Crippen LogP contribution in [0.15, 0.2) is 84.9 Å². The van der Waals surface area contributed by atoms with Crippen molar-refractivity contribution < 1.29 is 29.0 Å². The number of aromatic hydroxyl groups is 1. The summed E-state index contributed by atoms with van der Waals surface area (Å²) in [6.07, 6.45) is 2.52. The maximum atomic E-state index is 14.1. The minimum Gasteiger partial charge on any atom is -0.508 e. The smallest absolute Gasteiger partial charge is 0.329 e. The Balaban J connectivity index is 1.52. The summed E-state index contributed by atoms with van der Waals surface area (Å²) in [4.78, 5) is 41.7. The number of phenols is 1. The van der Waals surface area contributed by atoms with E-state index in [1.165, 1.54) is 0 Å². The SMILES string of the molecule is CCOC(=O)C(CCc1ccccc1)N[C@@H](Cc1ccc(O)cc1)C(=O)N1CCC[C@H]1C(=O)OCc1ccccc1. The van der Waals surface area contributed by atoms with Gasteiger partial charge in [-0.25, -0.2) is 4.79 Å². The normalized spacial score (nSPS) is 16.1. The third kappa shape index (κ3) is 8.66. The molecule has 216 valence electrons. The number of likely N-dealkylation sites (tertiary alicyclic amines) is 1. The van der Waals surface area contributed by atoms with Crippen LogP contribution in [0.1, 0.15) is 42.9 Å². The van der Waals surface area contributed by atoms with Gasteiger partial charge in [-0.1, -0.05) is 72.8 Å². The van der Waals surface area contributed by atoms with E-state index in [-0.39, 0.29) is 31.3 Å². The van der Waals surface area contributed by atoms with Gasteiger partial charge in [-0.05, 0) is 67.9 Å². The Morgan fingerprint density at radius 2 is 1.54 bits per heavy atom. The molecular formula is C33H38N2O6. The van der Waals surface area contributed by atoms with E-state index in [0.717, 1.165) is 16.7 Å². The highest BCUT2D eigenvalue weighted by atomic mass is 16.5. The van der Waals surface area contributed by atoms with Gasteiger partial charge < -0.3 is 19.5 Å². The van der Waals surface area contributed by atoms with E-state index in [1.807, 2.05) is 60.7 Å². The fourth-order valence-corrected chi connectivity index (χ4v) is 5.10. The number of carbonyl (C=O) groups is 3. The molecule has 1 amide bonds. The van der Waals surface area contributed by atoms with E-state index in [0.29, 0.717) is 32.2 Å². The number of phenolic OH excluding ortho intramolecular Hbond substituents is 1. The third-order valence-corrected chi connectivity index (χ3v) is 7.24. The number of aryl methyl sites for hydroxylation is 1. The maximum absolute atomic E-state index is 14.1. The van der Waals surface area contributed by atoms with Crippen LogP contribution in [-0.2, 0) is 43.3 Å². The molecule has 1 heterocycles. The van der Waals surface area contributed by atoms with Crippen LogP contribution >= 0.6 is 0 Å². The highest BCUT2D eigenvalue weighted by Crippen LogP contribution is 2.22. The summed E-state index contributed by atoms with van der Waals surface area (Å²) in [5.41, 5.74) is 2.76. The Labute approximate surface area is 241 Å². The van der Waals surface area contributed by atoms with Crippen molar-refractivity contribution in [3.63, 3.8) is 0 Å². The molecule has 1 unspecified atom stereocenters. The van der Waals surface area contributed by atoms with Crippen molar-refractivity contribution in [1.82, 2.24) is 10.2 Å². The van der Waals surface area contributed by atoms with Gasteiger partial charge in [0, 0.05) is 6.54 Å².